The van der Waals surface area contributed by atoms with Crippen molar-refractivity contribution in [2.75, 3.05) is 6.61 Å². The summed E-state index contributed by atoms with van der Waals surface area (Å²) < 4.78 is 5.06. The van der Waals surface area contributed by atoms with Crippen molar-refractivity contribution in [3.63, 3.8) is 0 Å². The number of carbonyl (C=O) groups excluding carboxylic acids is 1. The van der Waals surface area contributed by atoms with Gasteiger partial charge >= 0.3 is 0 Å². The first-order valence-electron chi connectivity index (χ1n) is 3.58. The second-order valence-electron chi connectivity index (χ2n) is 2.66. The molecule has 2 N–H and O–H groups in total. The summed E-state index contributed by atoms with van der Waals surface area (Å²) in [6.45, 7) is 6.03. The highest BCUT2D eigenvalue weighted by atomic mass is 16.5. The maximum Gasteiger partial charge on any atom is 0.246 e. The Balaban J connectivity index is 3.55. The zero-order chi connectivity index (χ0) is 8.85. The molecule has 0 rings (SSSR count). The van der Waals surface area contributed by atoms with Crippen LogP contribution in [-0.2, 0) is 9.53 Å². The second-order valence-corrected chi connectivity index (χ2v) is 2.66. The summed E-state index contributed by atoms with van der Waals surface area (Å²) in [6.07, 6.45) is 1.41. The number of hydrogen-bond donors (Lipinski definition) is 1. The SMILES string of the molecule is CC(C)=CCO[C@H](C)C(N)=O. The van der Waals surface area contributed by atoms with Gasteiger partial charge in [-0.3, -0.25) is 4.79 Å². The Morgan fingerprint density at radius 2 is 2.18 bits per heavy atom. The fraction of sp³-hybridized carbons (Fsp3) is 0.625. The fourth-order valence-corrected chi connectivity index (χ4v) is 0.441. The molecule has 0 aromatic rings. The maximum atomic E-state index is 10.5. The van der Waals surface area contributed by atoms with Crippen LogP contribution in [0.15, 0.2) is 11.6 Å². The lowest BCUT2D eigenvalue weighted by Gasteiger charge is -2.06. The highest BCUT2D eigenvalue weighted by Crippen LogP contribution is 1.92. The van der Waals surface area contributed by atoms with Gasteiger partial charge in [-0.25, -0.2) is 0 Å². The van der Waals surface area contributed by atoms with Crippen LogP contribution in [0, 0.1) is 0 Å². The summed E-state index contributed by atoms with van der Waals surface area (Å²) in [5.41, 5.74) is 6.14. The van der Waals surface area contributed by atoms with Crippen molar-refractivity contribution in [1.82, 2.24) is 0 Å². The predicted molar refractivity (Wildman–Crippen MR) is 44.0 cm³/mol. The van der Waals surface area contributed by atoms with Gasteiger partial charge < -0.3 is 10.5 Å². The number of amides is 1. The van der Waals surface area contributed by atoms with Gasteiger partial charge in [0.25, 0.3) is 0 Å². The topological polar surface area (TPSA) is 52.3 Å². The highest BCUT2D eigenvalue weighted by Gasteiger charge is 2.06. The lowest BCUT2D eigenvalue weighted by molar-refractivity contribution is -0.127. The van der Waals surface area contributed by atoms with Gasteiger partial charge in [0.15, 0.2) is 0 Å². The summed E-state index contributed by atoms with van der Waals surface area (Å²) in [6, 6.07) is 0. The van der Waals surface area contributed by atoms with Gasteiger partial charge in [-0.2, -0.15) is 0 Å². The average molecular weight is 157 g/mol. The lowest BCUT2D eigenvalue weighted by Crippen LogP contribution is -2.28. The molecule has 0 bridgehead atoms. The van der Waals surface area contributed by atoms with E-state index in [-0.39, 0.29) is 0 Å². The smallest absolute Gasteiger partial charge is 0.246 e. The summed E-state index contributed by atoms with van der Waals surface area (Å²) in [5.74, 6) is -0.424. The van der Waals surface area contributed by atoms with E-state index < -0.39 is 12.0 Å². The van der Waals surface area contributed by atoms with E-state index in [9.17, 15) is 4.79 Å². The van der Waals surface area contributed by atoms with Crippen LogP contribution in [-0.4, -0.2) is 18.6 Å². The molecule has 0 saturated heterocycles. The van der Waals surface area contributed by atoms with Crippen molar-refractivity contribution in [2.24, 2.45) is 5.73 Å². The van der Waals surface area contributed by atoms with Crippen molar-refractivity contribution in [3.8, 4) is 0 Å². The largest absolute Gasteiger partial charge is 0.367 e. The third-order valence-electron chi connectivity index (χ3n) is 1.24. The summed E-state index contributed by atoms with van der Waals surface area (Å²) in [7, 11) is 0. The molecule has 0 fully saturated rings. The number of rotatable bonds is 4. The second kappa shape index (κ2) is 4.91. The lowest BCUT2D eigenvalue weighted by atomic mass is 10.3. The zero-order valence-corrected chi connectivity index (χ0v) is 7.26. The van der Waals surface area contributed by atoms with Crippen molar-refractivity contribution in [3.05, 3.63) is 11.6 Å². The normalized spacial score (nSPS) is 12.3. The Morgan fingerprint density at radius 3 is 2.55 bits per heavy atom. The molecule has 1 atom stereocenters. The molecule has 11 heavy (non-hydrogen) atoms. The van der Waals surface area contributed by atoms with Gasteiger partial charge in [0, 0.05) is 0 Å². The Kier molecular flexibility index (Phi) is 4.54. The minimum Gasteiger partial charge on any atom is -0.367 e. The standard InChI is InChI=1S/C8H15NO2/c1-6(2)4-5-11-7(3)8(9)10/h4,7H,5H2,1-3H3,(H2,9,10)/t7-/m1/s1. The van der Waals surface area contributed by atoms with E-state index in [2.05, 4.69) is 0 Å². The van der Waals surface area contributed by atoms with E-state index in [4.69, 9.17) is 10.5 Å². The van der Waals surface area contributed by atoms with Crippen LogP contribution in [0.4, 0.5) is 0 Å². The van der Waals surface area contributed by atoms with Gasteiger partial charge in [-0.15, -0.1) is 0 Å². The first kappa shape index (κ1) is 10.2. The number of primary amides is 1. The molecule has 0 spiro atoms. The zero-order valence-electron chi connectivity index (χ0n) is 7.26. The highest BCUT2D eigenvalue weighted by molar-refractivity contribution is 5.78. The number of ether oxygens (including phenoxy) is 1. The molecule has 0 aliphatic rings. The maximum absolute atomic E-state index is 10.5. The van der Waals surface area contributed by atoms with Crippen LogP contribution in [0.3, 0.4) is 0 Å². The van der Waals surface area contributed by atoms with E-state index in [0.29, 0.717) is 6.61 Å². The average Bonchev–Trinajstić information content (AvgIpc) is 1.86. The van der Waals surface area contributed by atoms with E-state index in [1.807, 2.05) is 19.9 Å². The minimum atomic E-state index is -0.495. The molecule has 1 amide bonds. The summed E-state index contributed by atoms with van der Waals surface area (Å²) >= 11 is 0. The number of nitrogens with two attached hydrogens (primary N) is 1. The van der Waals surface area contributed by atoms with Gasteiger partial charge in [0.2, 0.25) is 5.91 Å². The quantitative estimate of drug-likeness (QED) is 0.615. The van der Waals surface area contributed by atoms with Crippen LogP contribution in [0.1, 0.15) is 20.8 Å². The Bertz CT molecular complexity index is 159. The Morgan fingerprint density at radius 1 is 1.64 bits per heavy atom. The van der Waals surface area contributed by atoms with Crippen molar-refractivity contribution < 1.29 is 9.53 Å². The molecule has 0 aromatic carbocycles. The molecule has 0 heterocycles. The van der Waals surface area contributed by atoms with Crippen LogP contribution < -0.4 is 5.73 Å². The number of allylic oxidation sites excluding steroid dienone is 1. The summed E-state index contributed by atoms with van der Waals surface area (Å²) in [5, 5.41) is 0. The van der Waals surface area contributed by atoms with Crippen molar-refractivity contribution >= 4 is 5.91 Å². The van der Waals surface area contributed by atoms with Gasteiger partial charge in [0.05, 0.1) is 6.61 Å². The van der Waals surface area contributed by atoms with Crippen molar-refractivity contribution in [2.45, 2.75) is 26.9 Å². The molecule has 64 valence electrons. The Labute approximate surface area is 67.2 Å². The first-order valence-corrected chi connectivity index (χ1v) is 3.58. The molecule has 0 saturated carbocycles. The molecular weight excluding hydrogens is 142 g/mol. The summed E-state index contributed by atoms with van der Waals surface area (Å²) in [4.78, 5) is 10.5. The number of carbonyl (C=O) groups is 1. The van der Waals surface area contributed by atoms with E-state index in [1.165, 1.54) is 5.57 Å². The third-order valence-corrected chi connectivity index (χ3v) is 1.24. The van der Waals surface area contributed by atoms with Crippen LogP contribution in [0.2, 0.25) is 0 Å². The van der Waals surface area contributed by atoms with Gasteiger partial charge in [-0.05, 0) is 20.8 Å². The third kappa shape index (κ3) is 5.61. The van der Waals surface area contributed by atoms with E-state index >= 15 is 0 Å². The first-order chi connectivity index (χ1) is 5.04. The molecule has 0 unspecified atom stereocenters. The molecule has 3 heteroatoms. The molecule has 0 aromatic heterocycles. The minimum absolute atomic E-state index is 0.424. The Hall–Kier alpha value is -0.830. The monoisotopic (exact) mass is 157 g/mol. The molecular formula is C8H15NO2. The number of hydrogen-bond acceptors (Lipinski definition) is 2. The van der Waals surface area contributed by atoms with E-state index in [1.54, 1.807) is 6.92 Å². The fourth-order valence-electron chi connectivity index (χ4n) is 0.441. The van der Waals surface area contributed by atoms with Gasteiger partial charge in [-0.1, -0.05) is 11.6 Å². The molecule has 0 aliphatic heterocycles. The van der Waals surface area contributed by atoms with Crippen LogP contribution >= 0.6 is 0 Å². The molecule has 0 aliphatic carbocycles. The molecule has 0 radical (unpaired) electrons. The molecule has 3 nitrogen and oxygen atoms in total. The van der Waals surface area contributed by atoms with Gasteiger partial charge in [0.1, 0.15) is 6.10 Å². The predicted octanol–water partition coefficient (Wildman–Crippen LogP) is 0.843. The van der Waals surface area contributed by atoms with Crippen molar-refractivity contribution in [1.29, 1.82) is 0 Å². The van der Waals surface area contributed by atoms with E-state index in [0.717, 1.165) is 0 Å². The van der Waals surface area contributed by atoms with Crippen LogP contribution in [0.25, 0.3) is 0 Å². The van der Waals surface area contributed by atoms with Crippen LogP contribution in [0.5, 0.6) is 0 Å².